The molecule has 0 bridgehead atoms. The summed E-state index contributed by atoms with van der Waals surface area (Å²) in [5, 5.41) is 0. The molecular formula is C29H24FeS-6. The molecule has 31 heavy (non-hydrogen) atoms. The van der Waals surface area contributed by atoms with Crippen molar-refractivity contribution in [3.8, 4) is 0 Å². The van der Waals surface area contributed by atoms with Crippen LogP contribution in [0.3, 0.4) is 0 Å². The molecule has 0 heterocycles. The molecule has 0 amide bonds. The van der Waals surface area contributed by atoms with Gasteiger partial charge in [-0.15, -0.1) is 17.3 Å². The van der Waals surface area contributed by atoms with Gasteiger partial charge in [-0.05, 0) is 23.3 Å². The molecule has 0 aliphatic carbocycles. The van der Waals surface area contributed by atoms with E-state index in [1.165, 1.54) is 21.6 Å². The van der Waals surface area contributed by atoms with Crippen LogP contribution in [0.1, 0.15) is 16.7 Å². The maximum atomic E-state index is 2.23. The molecule has 0 N–H and O–H groups in total. The Hall–Kier alpha value is -2.77. The van der Waals surface area contributed by atoms with Crippen LogP contribution in [0.2, 0.25) is 0 Å². The number of rotatable bonds is 5. The van der Waals surface area contributed by atoms with Crippen molar-refractivity contribution in [2.75, 3.05) is 0 Å². The van der Waals surface area contributed by atoms with Gasteiger partial charge in [0.2, 0.25) is 0 Å². The Morgan fingerprint density at radius 2 is 0.903 bits per heavy atom. The first-order valence-corrected chi connectivity index (χ1v) is 11.0. The number of hydrogen-bond donors (Lipinski definition) is 0. The maximum Gasteiger partial charge on any atom is 0.0512 e. The van der Waals surface area contributed by atoms with E-state index in [1.54, 1.807) is 0 Å². The largest absolute Gasteiger partial charge is 0.748 e. The van der Waals surface area contributed by atoms with Crippen LogP contribution in [0.5, 0.6) is 0 Å². The zero-order valence-electron chi connectivity index (χ0n) is 17.1. The Labute approximate surface area is 200 Å². The maximum absolute atomic E-state index is 2.23. The van der Waals surface area contributed by atoms with Crippen molar-refractivity contribution < 1.29 is 17.1 Å². The second-order valence-corrected chi connectivity index (χ2v) is 8.25. The van der Waals surface area contributed by atoms with Gasteiger partial charge in [0.15, 0.2) is 0 Å². The fraction of sp³-hybridized carbons (Fsp3) is 0.0345. The van der Waals surface area contributed by atoms with Crippen LogP contribution in [0.15, 0.2) is 150 Å². The minimum atomic E-state index is -0.270. The first-order chi connectivity index (χ1) is 14.9. The van der Waals surface area contributed by atoms with Crippen molar-refractivity contribution >= 4 is 11.8 Å². The van der Waals surface area contributed by atoms with Crippen molar-refractivity contribution in [1.82, 2.24) is 0 Å². The Kier molecular flexibility index (Phi) is 8.55. The number of thioether (sulfide) groups is 1. The minimum Gasteiger partial charge on any atom is -0.748 e. The fourth-order valence-electron chi connectivity index (χ4n) is 3.62. The van der Waals surface area contributed by atoms with Crippen molar-refractivity contribution in [2.45, 2.75) is 9.64 Å². The third-order valence-corrected chi connectivity index (χ3v) is 6.52. The zero-order valence-corrected chi connectivity index (χ0v) is 19.0. The van der Waals surface area contributed by atoms with Gasteiger partial charge >= 0.3 is 0 Å². The third kappa shape index (κ3) is 5.48. The van der Waals surface area contributed by atoms with E-state index in [1.807, 2.05) is 42.1 Å². The third-order valence-electron chi connectivity index (χ3n) is 5.00. The van der Waals surface area contributed by atoms with Crippen molar-refractivity contribution in [2.24, 2.45) is 0 Å². The molecule has 0 fully saturated rings. The Bertz CT molecular complexity index is 1030. The first kappa shape index (κ1) is 22.9. The second kappa shape index (κ2) is 11.6. The van der Waals surface area contributed by atoms with Crippen LogP contribution in [0.4, 0.5) is 0 Å². The summed E-state index contributed by atoms with van der Waals surface area (Å²) in [7, 11) is 0. The summed E-state index contributed by atoms with van der Waals surface area (Å²) < 4.78 is -0.270. The van der Waals surface area contributed by atoms with E-state index in [4.69, 9.17) is 0 Å². The number of benzene rings is 3. The summed E-state index contributed by atoms with van der Waals surface area (Å²) >= 11 is 1.90. The molecule has 0 spiro atoms. The summed E-state index contributed by atoms with van der Waals surface area (Å²) in [4.78, 5) is 1.26. The molecule has 0 atom stereocenters. The molecule has 2 heteroatoms. The Morgan fingerprint density at radius 1 is 0.516 bits per heavy atom. The predicted octanol–water partition coefficient (Wildman–Crippen LogP) is 7.89. The van der Waals surface area contributed by atoms with Gasteiger partial charge in [0.25, 0.3) is 0 Å². The van der Waals surface area contributed by atoms with Gasteiger partial charge in [-0.2, -0.15) is 12.1 Å². The molecule has 0 nitrogen and oxygen atoms in total. The van der Waals surface area contributed by atoms with Gasteiger partial charge in [0.05, 0.1) is 4.75 Å². The molecule has 0 radical (unpaired) electrons. The first-order valence-electron chi connectivity index (χ1n) is 10.1. The molecule has 5 aromatic carbocycles. The predicted molar refractivity (Wildman–Crippen MR) is 129 cm³/mol. The van der Waals surface area contributed by atoms with E-state index >= 15 is 0 Å². The van der Waals surface area contributed by atoms with Crippen LogP contribution in [-0.2, 0) is 21.8 Å². The van der Waals surface area contributed by atoms with Crippen molar-refractivity contribution in [1.29, 1.82) is 0 Å². The van der Waals surface area contributed by atoms with Gasteiger partial charge in [0.1, 0.15) is 0 Å². The van der Waals surface area contributed by atoms with E-state index in [0.717, 1.165) is 0 Å². The van der Waals surface area contributed by atoms with Crippen LogP contribution in [0.25, 0.3) is 0 Å². The molecule has 160 valence electrons. The van der Waals surface area contributed by atoms with Crippen LogP contribution in [0, 0.1) is 0 Å². The van der Waals surface area contributed by atoms with E-state index < -0.39 is 0 Å². The van der Waals surface area contributed by atoms with E-state index in [9.17, 15) is 0 Å². The molecule has 0 aliphatic heterocycles. The van der Waals surface area contributed by atoms with Crippen molar-refractivity contribution in [3.63, 3.8) is 0 Å². The minimum absolute atomic E-state index is 0. The fourth-order valence-corrected chi connectivity index (χ4v) is 5.03. The van der Waals surface area contributed by atoms with Crippen LogP contribution >= 0.6 is 11.8 Å². The summed E-state index contributed by atoms with van der Waals surface area (Å²) in [5.41, 5.74) is 3.89. The monoisotopic (exact) mass is 460 g/mol. The second-order valence-electron chi connectivity index (χ2n) is 6.96. The van der Waals surface area contributed by atoms with E-state index in [-0.39, 0.29) is 21.8 Å². The topological polar surface area (TPSA) is 0 Å². The average Bonchev–Trinajstić information content (AvgIpc) is 3.57. The molecule has 0 aromatic heterocycles. The smallest absolute Gasteiger partial charge is 0.0512 e. The van der Waals surface area contributed by atoms with Gasteiger partial charge < -0.3 is 30.3 Å². The molecule has 5 rings (SSSR count). The van der Waals surface area contributed by atoms with E-state index in [2.05, 4.69) is 115 Å². The summed E-state index contributed by atoms with van der Waals surface area (Å²) in [5.74, 6) is 0. The standard InChI is InChI=1S/C24H19S.C5H5.Fe/c1-4-12-20(13-5-1)24(22-16-10-11-17-22,21-14-6-2-7-15-21)25-23-18-8-3-9-19-23;1-2-4-5-3-1;/h1-19H;1-5H;/q-1;-5;. The van der Waals surface area contributed by atoms with Crippen LogP contribution < -0.4 is 0 Å². The molecule has 0 saturated heterocycles. The molecular weight excluding hydrogens is 436 g/mol. The summed E-state index contributed by atoms with van der Waals surface area (Å²) in [6, 6.07) is 51.0. The average molecular weight is 460 g/mol. The molecule has 0 aliphatic rings. The van der Waals surface area contributed by atoms with Crippen LogP contribution in [-0.4, -0.2) is 0 Å². The van der Waals surface area contributed by atoms with Crippen molar-refractivity contribution in [3.05, 3.63) is 162 Å². The van der Waals surface area contributed by atoms with Gasteiger partial charge in [-0.25, -0.2) is 12.1 Å². The van der Waals surface area contributed by atoms with Gasteiger partial charge in [-0.1, -0.05) is 78.9 Å². The SMILES string of the molecule is [Fe].[cH-]1[cH-][cH-][cH-][cH-]1.c1ccc(SC(c2ccccc2)(c2ccccc2)[c-]2cccc2)cc1. The summed E-state index contributed by atoms with van der Waals surface area (Å²) in [6.07, 6.45) is 0. The number of hydrogen-bond acceptors (Lipinski definition) is 1. The summed E-state index contributed by atoms with van der Waals surface area (Å²) in [6.45, 7) is 0. The zero-order chi connectivity index (χ0) is 20.5. The quantitative estimate of drug-likeness (QED) is 0.146. The Morgan fingerprint density at radius 3 is 1.32 bits per heavy atom. The normalized spacial score (nSPS) is 10.5. The Balaban J connectivity index is 0.000000401. The van der Waals surface area contributed by atoms with Gasteiger partial charge in [0, 0.05) is 22.0 Å². The van der Waals surface area contributed by atoms with E-state index in [0.29, 0.717) is 0 Å². The molecule has 5 aromatic rings. The van der Waals surface area contributed by atoms with Gasteiger partial charge in [-0.3, -0.25) is 0 Å². The molecule has 0 unspecified atom stereocenters. The molecule has 0 saturated carbocycles.